The quantitative estimate of drug-likeness (QED) is 0.895. The molecule has 0 radical (unpaired) electrons. The van der Waals surface area contributed by atoms with E-state index in [1.54, 1.807) is 12.0 Å². The van der Waals surface area contributed by atoms with Crippen molar-refractivity contribution in [2.45, 2.75) is 44.9 Å². The van der Waals surface area contributed by atoms with Gasteiger partial charge in [0, 0.05) is 17.7 Å². The molecule has 4 rings (SSSR count). The van der Waals surface area contributed by atoms with Crippen LogP contribution in [0.1, 0.15) is 37.4 Å². The van der Waals surface area contributed by atoms with Gasteiger partial charge in [-0.3, -0.25) is 4.79 Å². The standard InChI is InChI=1S/C20H24N4O3/c1-20(9-3-4-10-27-20)18(25)24-11-15-16(12-24)22-19(21)23-17(15)13-5-7-14(26-2)8-6-13/h5-8H,3-4,9-12H2,1-2H3,(H2,21,22,23). The highest BCUT2D eigenvalue weighted by molar-refractivity contribution is 5.86. The number of nitrogens with zero attached hydrogens (tertiary/aromatic N) is 3. The smallest absolute Gasteiger partial charge is 0.255 e. The summed E-state index contributed by atoms with van der Waals surface area (Å²) in [4.78, 5) is 23.7. The third-order valence-electron chi connectivity index (χ3n) is 5.37. The zero-order valence-electron chi connectivity index (χ0n) is 15.7. The largest absolute Gasteiger partial charge is 0.497 e. The van der Waals surface area contributed by atoms with E-state index < -0.39 is 5.60 Å². The van der Waals surface area contributed by atoms with E-state index in [1.165, 1.54) is 0 Å². The van der Waals surface area contributed by atoms with Crippen molar-refractivity contribution >= 4 is 11.9 Å². The predicted octanol–water partition coefficient (Wildman–Crippen LogP) is 2.54. The van der Waals surface area contributed by atoms with E-state index in [4.69, 9.17) is 15.2 Å². The molecular weight excluding hydrogens is 344 g/mol. The number of aromatic nitrogens is 2. The number of nitrogens with two attached hydrogens (primary N) is 1. The van der Waals surface area contributed by atoms with E-state index in [2.05, 4.69) is 9.97 Å². The van der Waals surface area contributed by atoms with Crippen molar-refractivity contribution < 1.29 is 14.3 Å². The van der Waals surface area contributed by atoms with Crippen LogP contribution in [0.15, 0.2) is 24.3 Å². The molecule has 0 saturated carbocycles. The number of hydrogen-bond acceptors (Lipinski definition) is 6. The van der Waals surface area contributed by atoms with Gasteiger partial charge in [-0.2, -0.15) is 0 Å². The first-order chi connectivity index (χ1) is 13.0. The van der Waals surface area contributed by atoms with Crippen LogP contribution in [0.4, 0.5) is 5.95 Å². The molecule has 1 fully saturated rings. The Hall–Kier alpha value is -2.67. The highest BCUT2D eigenvalue weighted by Crippen LogP contribution is 2.35. The maximum atomic E-state index is 13.1. The fourth-order valence-electron chi connectivity index (χ4n) is 3.84. The first-order valence-electron chi connectivity index (χ1n) is 9.23. The minimum Gasteiger partial charge on any atom is -0.497 e. The second-order valence-electron chi connectivity index (χ2n) is 7.28. The Morgan fingerprint density at radius 3 is 2.67 bits per heavy atom. The van der Waals surface area contributed by atoms with Gasteiger partial charge in [0.2, 0.25) is 5.95 Å². The lowest BCUT2D eigenvalue weighted by Gasteiger charge is -2.35. The minimum atomic E-state index is -0.750. The molecule has 1 aromatic heterocycles. The molecule has 2 aliphatic heterocycles. The number of carbonyl (C=O) groups excluding carboxylic acids is 1. The molecule has 0 bridgehead atoms. The highest BCUT2D eigenvalue weighted by Gasteiger charge is 2.41. The van der Waals surface area contributed by atoms with Crippen LogP contribution in [-0.4, -0.2) is 40.1 Å². The zero-order valence-corrected chi connectivity index (χ0v) is 15.7. The lowest BCUT2D eigenvalue weighted by Crippen LogP contribution is -2.48. The Bertz CT molecular complexity index is 860. The van der Waals surface area contributed by atoms with E-state index in [0.29, 0.717) is 19.7 Å². The van der Waals surface area contributed by atoms with Gasteiger partial charge >= 0.3 is 0 Å². The maximum absolute atomic E-state index is 13.1. The Morgan fingerprint density at radius 2 is 2.00 bits per heavy atom. The van der Waals surface area contributed by atoms with Gasteiger partial charge in [-0.05, 0) is 50.5 Å². The molecule has 7 heteroatoms. The van der Waals surface area contributed by atoms with Crippen LogP contribution in [0, 0.1) is 0 Å². The molecule has 0 spiro atoms. The molecule has 2 aromatic rings. The number of hydrogen-bond donors (Lipinski definition) is 1. The SMILES string of the molecule is COc1ccc(-c2nc(N)nc3c2CN(C(=O)C2(C)CCCCO2)C3)cc1. The molecule has 1 saturated heterocycles. The number of carbonyl (C=O) groups is 1. The summed E-state index contributed by atoms with van der Waals surface area (Å²) in [5, 5.41) is 0. The first kappa shape index (κ1) is 17.7. The van der Waals surface area contributed by atoms with Crippen LogP contribution in [0.2, 0.25) is 0 Å². The number of rotatable bonds is 3. The van der Waals surface area contributed by atoms with Gasteiger partial charge < -0.3 is 20.1 Å². The lowest BCUT2D eigenvalue weighted by molar-refractivity contribution is -0.162. The Morgan fingerprint density at radius 1 is 1.22 bits per heavy atom. The Balaban J connectivity index is 1.64. The molecule has 0 aliphatic carbocycles. The second-order valence-corrected chi connectivity index (χ2v) is 7.28. The summed E-state index contributed by atoms with van der Waals surface area (Å²) < 4.78 is 11.1. The summed E-state index contributed by atoms with van der Waals surface area (Å²) in [6.07, 6.45) is 2.76. The minimum absolute atomic E-state index is 0.0134. The van der Waals surface area contributed by atoms with Gasteiger partial charge in [0.05, 0.1) is 31.6 Å². The van der Waals surface area contributed by atoms with Gasteiger partial charge in [-0.25, -0.2) is 9.97 Å². The molecule has 1 aromatic carbocycles. The van der Waals surface area contributed by atoms with Gasteiger partial charge in [0.15, 0.2) is 0 Å². The van der Waals surface area contributed by atoms with Crippen LogP contribution >= 0.6 is 0 Å². The number of amides is 1. The second kappa shape index (κ2) is 6.81. The van der Waals surface area contributed by atoms with Crippen molar-refractivity contribution in [2.24, 2.45) is 0 Å². The summed E-state index contributed by atoms with van der Waals surface area (Å²) in [7, 11) is 1.63. The van der Waals surface area contributed by atoms with Crippen molar-refractivity contribution in [1.29, 1.82) is 0 Å². The number of anilines is 1. The van der Waals surface area contributed by atoms with Gasteiger partial charge in [-0.15, -0.1) is 0 Å². The molecule has 2 aliphatic rings. The number of methoxy groups -OCH3 is 1. The van der Waals surface area contributed by atoms with Crippen LogP contribution in [0.5, 0.6) is 5.75 Å². The number of nitrogen functional groups attached to an aromatic ring is 1. The summed E-state index contributed by atoms with van der Waals surface area (Å²) in [5.74, 6) is 1.00. The monoisotopic (exact) mass is 368 g/mol. The summed E-state index contributed by atoms with van der Waals surface area (Å²) in [6.45, 7) is 3.42. The molecule has 2 N–H and O–H groups in total. The molecule has 142 valence electrons. The summed E-state index contributed by atoms with van der Waals surface area (Å²) >= 11 is 0. The fraction of sp³-hybridized carbons (Fsp3) is 0.450. The number of fused-ring (bicyclic) bond motifs is 1. The molecule has 27 heavy (non-hydrogen) atoms. The van der Waals surface area contributed by atoms with Gasteiger partial charge in [-0.1, -0.05) is 0 Å². The molecule has 1 amide bonds. The van der Waals surface area contributed by atoms with Crippen molar-refractivity contribution in [1.82, 2.24) is 14.9 Å². The zero-order chi connectivity index (χ0) is 19.0. The van der Waals surface area contributed by atoms with Crippen LogP contribution < -0.4 is 10.5 Å². The lowest BCUT2D eigenvalue weighted by atomic mass is 9.94. The Labute approximate surface area is 158 Å². The third-order valence-corrected chi connectivity index (χ3v) is 5.37. The average molecular weight is 368 g/mol. The van der Waals surface area contributed by atoms with Crippen LogP contribution in [-0.2, 0) is 22.6 Å². The molecule has 1 atom stereocenters. The van der Waals surface area contributed by atoms with E-state index in [9.17, 15) is 4.79 Å². The van der Waals surface area contributed by atoms with Gasteiger partial charge in [0.1, 0.15) is 11.4 Å². The van der Waals surface area contributed by atoms with E-state index in [0.717, 1.165) is 47.5 Å². The van der Waals surface area contributed by atoms with E-state index >= 15 is 0 Å². The van der Waals surface area contributed by atoms with Crippen LogP contribution in [0.25, 0.3) is 11.3 Å². The first-order valence-corrected chi connectivity index (χ1v) is 9.23. The fourth-order valence-corrected chi connectivity index (χ4v) is 3.84. The normalized spacial score (nSPS) is 21.8. The summed E-state index contributed by atoms with van der Waals surface area (Å²) in [6, 6.07) is 7.65. The molecule has 3 heterocycles. The predicted molar refractivity (Wildman–Crippen MR) is 101 cm³/mol. The maximum Gasteiger partial charge on any atom is 0.255 e. The van der Waals surface area contributed by atoms with Crippen molar-refractivity contribution in [3.05, 3.63) is 35.5 Å². The topological polar surface area (TPSA) is 90.6 Å². The summed E-state index contributed by atoms with van der Waals surface area (Å²) in [5.41, 5.74) is 8.64. The third kappa shape index (κ3) is 3.23. The molecular formula is C20H24N4O3. The molecule has 7 nitrogen and oxygen atoms in total. The van der Waals surface area contributed by atoms with E-state index in [-0.39, 0.29) is 11.9 Å². The van der Waals surface area contributed by atoms with Crippen molar-refractivity contribution in [3.63, 3.8) is 0 Å². The van der Waals surface area contributed by atoms with Gasteiger partial charge in [0.25, 0.3) is 5.91 Å². The Kier molecular flexibility index (Phi) is 4.47. The van der Waals surface area contributed by atoms with Crippen molar-refractivity contribution in [2.75, 3.05) is 19.5 Å². The van der Waals surface area contributed by atoms with Crippen molar-refractivity contribution in [3.8, 4) is 17.0 Å². The molecule has 1 unspecified atom stereocenters. The van der Waals surface area contributed by atoms with E-state index in [1.807, 2.05) is 31.2 Å². The number of ether oxygens (including phenoxy) is 2. The average Bonchev–Trinajstić information content (AvgIpc) is 3.11. The highest BCUT2D eigenvalue weighted by atomic mass is 16.5. The number of benzene rings is 1. The van der Waals surface area contributed by atoms with Crippen LogP contribution in [0.3, 0.4) is 0 Å².